The van der Waals surface area contributed by atoms with Crippen molar-refractivity contribution in [3.05, 3.63) is 12.2 Å². The predicted molar refractivity (Wildman–Crippen MR) is 192 cm³/mol. The lowest BCUT2D eigenvalue weighted by Crippen LogP contribution is -2.29. The number of ether oxygens (including phenoxy) is 2. The van der Waals surface area contributed by atoms with Gasteiger partial charge in [-0.1, -0.05) is 142 Å². The molecule has 0 aliphatic carbocycles. The van der Waals surface area contributed by atoms with Crippen molar-refractivity contribution < 1.29 is 37.6 Å². The molecule has 0 aromatic heterocycles. The first-order valence-corrected chi connectivity index (χ1v) is 20.7. The second-order valence-electron chi connectivity index (χ2n) is 12.8. The van der Waals surface area contributed by atoms with Crippen molar-refractivity contribution in [3.63, 3.8) is 0 Å². The van der Waals surface area contributed by atoms with Gasteiger partial charge in [0.25, 0.3) is 0 Å². The summed E-state index contributed by atoms with van der Waals surface area (Å²) in [5.41, 5.74) is 5.33. The molecule has 3 N–H and O–H groups in total. The number of hydrogen-bond donors (Lipinski definition) is 2. The fraction of sp³-hybridized carbons (Fsp3) is 0.892. The molecule has 278 valence electrons. The molecule has 0 aliphatic rings. The van der Waals surface area contributed by atoms with Gasteiger partial charge in [-0.2, -0.15) is 0 Å². The maximum Gasteiger partial charge on any atom is 0.472 e. The molecule has 0 fully saturated rings. The molecule has 0 heterocycles. The summed E-state index contributed by atoms with van der Waals surface area (Å²) in [5.74, 6) is -0.834. The molecule has 9 nitrogen and oxygen atoms in total. The molecule has 0 aromatic rings. The third-order valence-electron chi connectivity index (χ3n) is 8.15. The van der Waals surface area contributed by atoms with E-state index in [1.165, 1.54) is 89.9 Å². The molecule has 0 bridgehead atoms. The minimum Gasteiger partial charge on any atom is -0.462 e. The largest absolute Gasteiger partial charge is 0.472 e. The van der Waals surface area contributed by atoms with Crippen molar-refractivity contribution in [1.82, 2.24) is 0 Å². The summed E-state index contributed by atoms with van der Waals surface area (Å²) >= 11 is 0. The fourth-order valence-electron chi connectivity index (χ4n) is 5.28. The highest BCUT2D eigenvalue weighted by Gasteiger charge is 2.25. The van der Waals surface area contributed by atoms with Crippen molar-refractivity contribution >= 4 is 19.8 Å². The third-order valence-corrected chi connectivity index (χ3v) is 9.14. The Bertz CT molecular complexity index is 794. The number of rotatable bonds is 36. The lowest BCUT2D eigenvalue weighted by molar-refractivity contribution is -0.161. The summed E-state index contributed by atoms with van der Waals surface area (Å²) in [4.78, 5) is 34.7. The van der Waals surface area contributed by atoms with Gasteiger partial charge in [0.15, 0.2) is 6.10 Å². The number of hydrogen-bond acceptors (Lipinski definition) is 8. The minimum absolute atomic E-state index is 0.0545. The first-order valence-electron chi connectivity index (χ1n) is 19.2. The molecule has 2 atom stereocenters. The van der Waals surface area contributed by atoms with Crippen LogP contribution in [0.25, 0.3) is 0 Å². The molecule has 10 heteroatoms. The Kier molecular flexibility index (Phi) is 33.7. The van der Waals surface area contributed by atoms with Crippen molar-refractivity contribution in [1.29, 1.82) is 0 Å². The molecule has 0 amide bonds. The van der Waals surface area contributed by atoms with Crippen LogP contribution in [0.2, 0.25) is 0 Å². The second-order valence-corrected chi connectivity index (χ2v) is 14.3. The Morgan fingerprint density at radius 2 is 1.04 bits per heavy atom. The van der Waals surface area contributed by atoms with Gasteiger partial charge in [-0.3, -0.25) is 18.6 Å². The molecule has 1 unspecified atom stereocenters. The van der Waals surface area contributed by atoms with Crippen LogP contribution in [0.3, 0.4) is 0 Å². The van der Waals surface area contributed by atoms with E-state index >= 15 is 0 Å². The van der Waals surface area contributed by atoms with Gasteiger partial charge < -0.3 is 20.1 Å². The lowest BCUT2D eigenvalue weighted by Gasteiger charge is -2.19. The van der Waals surface area contributed by atoms with Gasteiger partial charge in [0.05, 0.1) is 13.2 Å². The Labute approximate surface area is 288 Å². The molecule has 47 heavy (non-hydrogen) atoms. The van der Waals surface area contributed by atoms with Crippen molar-refractivity contribution in [2.24, 2.45) is 5.73 Å². The highest BCUT2D eigenvalue weighted by molar-refractivity contribution is 7.47. The minimum atomic E-state index is -4.37. The van der Waals surface area contributed by atoms with Gasteiger partial charge in [0.1, 0.15) is 6.61 Å². The summed E-state index contributed by atoms with van der Waals surface area (Å²) < 4.78 is 32.6. The van der Waals surface area contributed by atoms with Gasteiger partial charge in [-0.15, -0.1) is 0 Å². The maximum absolute atomic E-state index is 12.5. The van der Waals surface area contributed by atoms with Gasteiger partial charge >= 0.3 is 19.8 Å². The Balaban J connectivity index is 4.20. The number of carbonyl (C=O) groups is 2. The lowest BCUT2D eigenvalue weighted by atomic mass is 10.0. The van der Waals surface area contributed by atoms with Crippen LogP contribution < -0.4 is 5.73 Å². The quantitative estimate of drug-likeness (QED) is 0.0285. The third kappa shape index (κ3) is 34.4. The molecule has 0 saturated heterocycles. The average Bonchev–Trinajstić information content (AvgIpc) is 3.05. The zero-order valence-electron chi connectivity index (χ0n) is 30.3. The SMILES string of the molecule is CCCCC/C=C\CCCCCCCC(=O)O[C@H](COC(=O)CCCCCCCCCCCCCCCC)COP(=O)(O)OCCN. The van der Waals surface area contributed by atoms with E-state index in [1.54, 1.807) is 0 Å². The molecule has 0 aliphatic heterocycles. The fourth-order valence-corrected chi connectivity index (χ4v) is 6.04. The number of carbonyl (C=O) groups excluding carboxylic acids is 2. The standard InChI is InChI=1S/C37H72NO8P/c1-3-5-7-9-11-13-15-17-18-20-21-23-25-27-29-36(39)43-33-35(34-45-47(41,42)44-32-31-38)46-37(40)30-28-26-24-22-19-16-14-12-10-8-6-4-2/h12,14,35H,3-11,13,15-34,38H2,1-2H3,(H,41,42)/b14-12-/t35-/m1/s1. The van der Waals surface area contributed by atoms with E-state index in [1.807, 2.05) is 0 Å². The molecular formula is C37H72NO8P. The van der Waals surface area contributed by atoms with Crippen LogP contribution in [0.1, 0.15) is 181 Å². The zero-order valence-corrected chi connectivity index (χ0v) is 31.2. The molecule has 0 rings (SSSR count). The van der Waals surface area contributed by atoms with Crippen LogP contribution in [0.4, 0.5) is 0 Å². The summed E-state index contributed by atoms with van der Waals surface area (Å²) in [5, 5.41) is 0. The molecule has 0 saturated carbocycles. The molecule has 0 radical (unpaired) electrons. The van der Waals surface area contributed by atoms with Crippen LogP contribution >= 0.6 is 7.82 Å². The summed E-state index contributed by atoms with van der Waals surface area (Å²) in [6, 6.07) is 0. The number of nitrogens with two attached hydrogens (primary N) is 1. The van der Waals surface area contributed by atoms with Crippen molar-refractivity contribution in [3.8, 4) is 0 Å². The van der Waals surface area contributed by atoms with Crippen molar-refractivity contribution in [2.45, 2.75) is 187 Å². The van der Waals surface area contributed by atoms with E-state index < -0.39 is 26.5 Å². The van der Waals surface area contributed by atoms with E-state index in [-0.39, 0.29) is 38.6 Å². The van der Waals surface area contributed by atoms with E-state index in [0.29, 0.717) is 6.42 Å². The van der Waals surface area contributed by atoms with E-state index in [0.717, 1.165) is 57.8 Å². The maximum atomic E-state index is 12.5. The van der Waals surface area contributed by atoms with Gasteiger partial charge in [0.2, 0.25) is 0 Å². The van der Waals surface area contributed by atoms with E-state index in [9.17, 15) is 19.0 Å². The first-order chi connectivity index (χ1) is 22.8. The number of esters is 2. The number of unbranched alkanes of at least 4 members (excludes halogenated alkanes) is 21. The summed E-state index contributed by atoms with van der Waals surface area (Å²) in [6.07, 6.45) is 32.4. The molecule has 0 aromatic carbocycles. The van der Waals surface area contributed by atoms with Gasteiger partial charge in [-0.05, 0) is 38.5 Å². The Hall–Kier alpha value is -1.25. The Morgan fingerprint density at radius 3 is 1.55 bits per heavy atom. The number of phosphoric acid groups is 1. The van der Waals surface area contributed by atoms with E-state index in [2.05, 4.69) is 26.0 Å². The van der Waals surface area contributed by atoms with Crippen LogP contribution in [0.15, 0.2) is 12.2 Å². The number of phosphoric ester groups is 1. The normalized spacial score (nSPS) is 13.5. The van der Waals surface area contributed by atoms with Gasteiger partial charge in [-0.25, -0.2) is 4.57 Å². The first kappa shape index (κ1) is 45.8. The second kappa shape index (κ2) is 34.6. The molecule has 0 spiro atoms. The summed E-state index contributed by atoms with van der Waals surface area (Å²) in [7, 11) is -4.37. The monoisotopic (exact) mass is 689 g/mol. The topological polar surface area (TPSA) is 134 Å². The summed E-state index contributed by atoms with van der Waals surface area (Å²) in [6.45, 7) is 3.70. The van der Waals surface area contributed by atoms with Crippen LogP contribution in [-0.4, -0.2) is 49.3 Å². The zero-order chi connectivity index (χ0) is 34.7. The van der Waals surface area contributed by atoms with Crippen molar-refractivity contribution in [2.75, 3.05) is 26.4 Å². The predicted octanol–water partition coefficient (Wildman–Crippen LogP) is 10.3. The number of allylic oxidation sites excluding steroid dienone is 2. The highest BCUT2D eigenvalue weighted by Crippen LogP contribution is 2.43. The van der Waals surface area contributed by atoms with Crippen LogP contribution in [-0.2, 0) is 32.7 Å². The van der Waals surface area contributed by atoms with E-state index in [4.69, 9.17) is 24.3 Å². The van der Waals surface area contributed by atoms with Crippen LogP contribution in [0, 0.1) is 0 Å². The highest BCUT2D eigenvalue weighted by atomic mass is 31.2. The Morgan fingerprint density at radius 1 is 0.617 bits per heavy atom. The smallest absolute Gasteiger partial charge is 0.462 e. The van der Waals surface area contributed by atoms with Crippen LogP contribution in [0.5, 0.6) is 0 Å². The molecular weight excluding hydrogens is 617 g/mol. The van der Waals surface area contributed by atoms with Gasteiger partial charge in [0, 0.05) is 19.4 Å². The average molecular weight is 690 g/mol.